The van der Waals surface area contributed by atoms with Gasteiger partial charge >= 0.3 is 0 Å². The van der Waals surface area contributed by atoms with Crippen LogP contribution in [-0.4, -0.2) is 32.9 Å². The third-order valence-corrected chi connectivity index (χ3v) is 5.09. The molecule has 2 aromatic rings. The Labute approximate surface area is 161 Å². The highest BCUT2D eigenvalue weighted by molar-refractivity contribution is 9.24. The van der Waals surface area contributed by atoms with Gasteiger partial charge in [-0.3, -0.25) is 9.59 Å². The lowest BCUT2D eigenvalue weighted by atomic mass is 9.81. The summed E-state index contributed by atoms with van der Waals surface area (Å²) in [6, 6.07) is 6.63. The number of alkyl halides is 2. The van der Waals surface area contributed by atoms with E-state index in [0.29, 0.717) is 28.4 Å². The molecule has 0 saturated heterocycles. The highest BCUT2D eigenvalue weighted by Crippen LogP contribution is 2.47. The Kier molecular flexibility index (Phi) is 4.88. The fourth-order valence-electron chi connectivity index (χ4n) is 3.03. The Morgan fingerprint density at radius 2 is 1.52 bits per heavy atom. The Balaban J connectivity index is 2.43. The van der Waals surface area contributed by atoms with Crippen LogP contribution < -0.4 is 14.2 Å². The SMILES string of the molecule is COc1cccc2c1C(=O)c1c(OC)c(C(Br)Br)cc(OC)c1C2=O. The van der Waals surface area contributed by atoms with E-state index in [4.69, 9.17) is 14.2 Å². The third kappa shape index (κ3) is 2.66. The number of ketones is 2. The van der Waals surface area contributed by atoms with Crippen LogP contribution >= 0.6 is 31.9 Å². The summed E-state index contributed by atoms with van der Waals surface area (Å²) >= 11 is 6.84. The molecule has 0 bridgehead atoms. The van der Waals surface area contributed by atoms with Crippen LogP contribution in [0.1, 0.15) is 41.1 Å². The molecule has 1 aliphatic carbocycles. The molecule has 5 nitrogen and oxygen atoms in total. The van der Waals surface area contributed by atoms with E-state index in [2.05, 4.69) is 31.9 Å². The summed E-state index contributed by atoms with van der Waals surface area (Å²) in [4.78, 5) is 26.3. The molecule has 0 atom stereocenters. The molecule has 0 saturated carbocycles. The van der Waals surface area contributed by atoms with Crippen LogP contribution in [0.4, 0.5) is 0 Å². The van der Waals surface area contributed by atoms with E-state index in [1.165, 1.54) is 21.3 Å². The first-order valence-corrected chi connectivity index (χ1v) is 9.12. The number of halogens is 2. The van der Waals surface area contributed by atoms with Gasteiger partial charge in [-0.15, -0.1) is 0 Å². The maximum atomic E-state index is 13.3. The standard InChI is InChI=1S/C18H14Br2O5/c1-23-10-6-4-5-8-12(10)16(22)14-13(15(8)21)11(24-2)7-9(18(19)20)17(14)25-3/h4-7,18H,1-3H3. The summed E-state index contributed by atoms with van der Waals surface area (Å²) < 4.78 is 15.9. The van der Waals surface area contributed by atoms with Gasteiger partial charge in [-0.2, -0.15) is 0 Å². The van der Waals surface area contributed by atoms with E-state index < -0.39 is 0 Å². The minimum atomic E-state index is -0.334. The van der Waals surface area contributed by atoms with E-state index in [9.17, 15) is 9.59 Å². The van der Waals surface area contributed by atoms with Crippen molar-refractivity contribution >= 4 is 43.4 Å². The predicted molar refractivity (Wildman–Crippen MR) is 100 cm³/mol. The number of hydrogen-bond acceptors (Lipinski definition) is 5. The second-order valence-electron chi connectivity index (χ2n) is 5.29. The summed E-state index contributed by atoms with van der Waals surface area (Å²) in [5.41, 5.74) is 1.56. The molecule has 0 fully saturated rings. The molecule has 0 spiro atoms. The highest BCUT2D eigenvalue weighted by Gasteiger charge is 2.38. The van der Waals surface area contributed by atoms with Crippen molar-refractivity contribution in [2.45, 2.75) is 3.74 Å². The zero-order valence-electron chi connectivity index (χ0n) is 13.7. The van der Waals surface area contributed by atoms with Crippen molar-refractivity contribution in [2.75, 3.05) is 21.3 Å². The molecule has 2 aromatic carbocycles. The van der Waals surface area contributed by atoms with Crippen molar-refractivity contribution < 1.29 is 23.8 Å². The van der Waals surface area contributed by atoms with E-state index in [0.717, 1.165) is 0 Å². The van der Waals surface area contributed by atoms with Crippen LogP contribution in [0.2, 0.25) is 0 Å². The summed E-state index contributed by atoms with van der Waals surface area (Å²) in [6.07, 6.45) is 0. The lowest BCUT2D eigenvalue weighted by Gasteiger charge is -2.25. The first-order valence-electron chi connectivity index (χ1n) is 7.29. The number of carbonyl (C=O) groups is 2. The van der Waals surface area contributed by atoms with Gasteiger partial charge in [-0.1, -0.05) is 44.0 Å². The zero-order valence-corrected chi connectivity index (χ0v) is 16.9. The van der Waals surface area contributed by atoms with Crippen LogP contribution in [0, 0.1) is 0 Å². The molecule has 25 heavy (non-hydrogen) atoms. The van der Waals surface area contributed by atoms with Crippen molar-refractivity contribution in [2.24, 2.45) is 0 Å². The van der Waals surface area contributed by atoms with Gasteiger partial charge in [0.1, 0.15) is 17.2 Å². The van der Waals surface area contributed by atoms with Gasteiger partial charge < -0.3 is 14.2 Å². The minimum Gasteiger partial charge on any atom is -0.496 e. The predicted octanol–water partition coefficient (Wildman–Crippen LogP) is 4.28. The number of carbonyl (C=O) groups excluding carboxylic acids is 2. The monoisotopic (exact) mass is 468 g/mol. The van der Waals surface area contributed by atoms with Crippen molar-refractivity contribution in [3.05, 3.63) is 52.1 Å². The molecule has 0 aromatic heterocycles. The smallest absolute Gasteiger partial charge is 0.202 e. The van der Waals surface area contributed by atoms with Crippen molar-refractivity contribution in [1.82, 2.24) is 0 Å². The fraction of sp³-hybridized carbons (Fsp3) is 0.222. The van der Waals surface area contributed by atoms with E-state index >= 15 is 0 Å². The summed E-state index contributed by atoms with van der Waals surface area (Å²) in [5.74, 6) is 0.360. The Bertz CT molecular complexity index is 890. The van der Waals surface area contributed by atoms with Gasteiger partial charge in [-0.25, -0.2) is 0 Å². The Morgan fingerprint density at radius 1 is 0.840 bits per heavy atom. The van der Waals surface area contributed by atoms with Gasteiger partial charge in [0.25, 0.3) is 0 Å². The van der Waals surface area contributed by atoms with E-state index in [-0.39, 0.29) is 32.0 Å². The van der Waals surface area contributed by atoms with Gasteiger partial charge in [0.05, 0.1) is 41.8 Å². The summed E-state index contributed by atoms with van der Waals surface area (Å²) in [5, 5.41) is 0. The molecular weight excluding hydrogens is 456 g/mol. The number of ether oxygens (including phenoxy) is 3. The molecule has 7 heteroatoms. The molecule has 0 unspecified atom stereocenters. The molecule has 130 valence electrons. The molecule has 0 radical (unpaired) electrons. The van der Waals surface area contributed by atoms with Crippen LogP contribution in [-0.2, 0) is 0 Å². The first kappa shape index (κ1) is 17.9. The van der Waals surface area contributed by atoms with Gasteiger partial charge in [0.15, 0.2) is 5.78 Å². The Hall–Kier alpha value is -1.86. The lowest BCUT2D eigenvalue weighted by Crippen LogP contribution is -2.24. The van der Waals surface area contributed by atoms with Crippen molar-refractivity contribution in [3.63, 3.8) is 0 Å². The average molecular weight is 470 g/mol. The molecule has 0 N–H and O–H groups in total. The minimum absolute atomic E-state index is 0.183. The Morgan fingerprint density at radius 3 is 2.08 bits per heavy atom. The molecule has 0 amide bonds. The molecule has 0 heterocycles. The molecule has 0 aliphatic heterocycles. The first-order chi connectivity index (χ1) is 12.0. The second kappa shape index (κ2) is 6.80. The summed E-state index contributed by atoms with van der Waals surface area (Å²) in [6.45, 7) is 0. The largest absolute Gasteiger partial charge is 0.496 e. The van der Waals surface area contributed by atoms with E-state index in [1.54, 1.807) is 24.3 Å². The van der Waals surface area contributed by atoms with Gasteiger partial charge in [0, 0.05) is 11.1 Å². The van der Waals surface area contributed by atoms with Crippen LogP contribution in [0.3, 0.4) is 0 Å². The maximum absolute atomic E-state index is 13.3. The molecule has 1 aliphatic rings. The second-order valence-corrected chi connectivity index (χ2v) is 8.35. The van der Waals surface area contributed by atoms with Gasteiger partial charge in [0.2, 0.25) is 5.78 Å². The van der Waals surface area contributed by atoms with Crippen LogP contribution in [0.5, 0.6) is 17.2 Å². The topological polar surface area (TPSA) is 61.8 Å². The van der Waals surface area contributed by atoms with E-state index in [1.807, 2.05) is 0 Å². The average Bonchev–Trinajstić information content (AvgIpc) is 2.63. The number of hydrogen-bond donors (Lipinski definition) is 0. The highest BCUT2D eigenvalue weighted by atomic mass is 79.9. The molecule has 3 rings (SSSR count). The van der Waals surface area contributed by atoms with Crippen molar-refractivity contribution in [1.29, 1.82) is 0 Å². The summed E-state index contributed by atoms with van der Waals surface area (Å²) in [7, 11) is 4.38. The lowest BCUT2D eigenvalue weighted by molar-refractivity contribution is 0.0971. The molecular formula is C18H14Br2O5. The number of benzene rings is 2. The quantitative estimate of drug-likeness (QED) is 0.534. The van der Waals surface area contributed by atoms with Crippen LogP contribution in [0.15, 0.2) is 24.3 Å². The number of rotatable bonds is 4. The third-order valence-electron chi connectivity index (χ3n) is 4.10. The number of methoxy groups -OCH3 is 3. The van der Waals surface area contributed by atoms with Crippen LogP contribution in [0.25, 0.3) is 0 Å². The van der Waals surface area contributed by atoms with Gasteiger partial charge in [-0.05, 0) is 12.1 Å². The zero-order chi connectivity index (χ0) is 18.3. The fourth-order valence-corrected chi connectivity index (χ4v) is 3.71. The normalized spacial score (nSPS) is 12.7. The van der Waals surface area contributed by atoms with Crippen molar-refractivity contribution in [3.8, 4) is 17.2 Å². The maximum Gasteiger partial charge on any atom is 0.202 e. The number of fused-ring (bicyclic) bond motifs is 2.